The fraction of sp³-hybridized carbons (Fsp3) is 0.375. The van der Waals surface area contributed by atoms with Crippen LogP contribution in [0.25, 0.3) is 10.9 Å². The smallest absolute Gasteiger partial charge is 0.222 e. The molecule has 0 aliphatic carbocycles. The van der Waals surface area contributed by atoms with Gasteiger partial charge in [0.1, 0.15) is 0 Å². The summed E-state index contributed by atoms with van der Waals surface area (Å²) in [6.07, 6.45) is 4.58. The highest BCUT2D eigenvalue weighted by molar-refractivity contribution is 5.83. The van der Waals surface area contributed by atoms with Gasteiger partial charge in [-0.3, -0.25) is 9.59 Å². The standard InChI is InChI=1S/C16H19N3O2/c20-15(19-12-8-16(21)18-10-12)7-3-4-11-9-17-14-6-2-1-5-13(11)14/h1-2,5-6,9,12,17H,3-4,7-8,10H2,(H,18,21)(H,19,20). The van der Waals surface area contributed by atoms with Gasteiger partial charge in [0.25, 0.3) is 0 Å². The lowest BCUT2D eigenvalue weighted by Crippen LogP contribution is -2.36. The number of hydrogen-bond acceptors (Lipinski definition) is 2. The molecule has 1 aliphatic rings. The lowest BCUT2D eigenvalue weighted by atomic mass is 10.1. The van der Waals surface area contributed by atoms with Crippen molar-refractivity contribution >= 4 is 22.7 Å². The molecule has 0 radical (unpaired) electrons. The van der Waals surface area contributed by atoms with Crippen molar-refractivity contribution in [2.45, 2.75) is 31.7 Å². The van der Waals surface area contributed by atoms with Crippen LogP contribution in [0.1, 0.15) is 24.8 Å². The first-order chi connectivity index (χ1) is 10.2. The number of benzene rings is 1. The van der Waals surface area contributed by atoms with Crippen LogP contribution < -0.4 is 10.6 Å². The van der Waals surface area contributed by atoms with E-state index in [1.807, 2.05) is 18.3 Å². The van der Waals surface area contributed by atoms with E-state index < -0.39 is 0 Å². The summed E-state index contributed by atoms with van der Waals surface area (Å²) in [7, 11) is 0. The third-order valence-corrected chi connectivity index (χ3v) is 3.87. The average Bonchev–Trinajstić information content (AvgIpc) is 3.06. The van der Waals surface area contributed by atoms with Crippen molar-refractivity contribution in [1.82, 2.24) is 15.6 Å². The molecule has 2 aromatic rings. The molecule has 1 aromatic heterocycles. The highest BCUT2D eigenvalue weighted by Gasteiger charge is 2.22. The van der Waals surface area contributed by atoms with Crippen LogP contribution in [0.3, 0.4) is 0 Å². The molecule has 110 valence electrons. The highest BCUT2D eigenvalue weighted by Crippen LogP contribution is 2.19. The Morgan fingerprint density at radius 1 is 1.33 bits per heavy atom. The Bertz CT molecular complexity index is 662. The maximum Gasteiger partial charge on any atom is 0.222 e. The molecular weight excluding hydrogens is 266 g/mol. The van der Waals surface area contributed by atoms with Crippen LogP contribution in [0.5, 0.6) is 0 Å². The molecule has 1 aromatic carbocycles. The van der Waals surface area contributed by atoms with Crippen LogP contribution in [0.4, 0.5) is 0 Å². The van der Waals surface area contributed by atoms with Crippen molar-refractivity contribution < 1.29 is 9.59 Å². The first-order valence-electron chi connectivity index (χ1n) is 7.33. The molecule has 0 bridgehead atoms. The molecule has 21 heavy (non-hydrogen) atoms. The number of rotatable bonds is 5. The van der Waals surface area contributed by atoms with Gasteiger partial charge in [-0.2, -0.15) is 0 Å². The first-order valence-corrected chi connectivity index (χ1v) is 7.33. The van der Waals surface area contributed by atoms with Gasteiger partial charge in [-0.25, -0.2) is 0 Å². The molecular formula is C16H19N3O2. The highest BCUT2D eigenvalue weighted by atomic mass is 16.2. The van der Waals surface area contributed by atoms with Crippen LogP contribution in [-0.2, 0) is 16.0 Å². The number of hydrogen-bond donors (Lipinski definition) is 3. The van der Waals surface area contributed by atoms with Gasteiger partial charge in [0.15, 0.2) is 0 Å². The van der Waals surface area contributed by atoms with E-state index in [4.69, 9.17) is 0 Å². The lowest BCUT2D eigenvalue weighted by molar-refractivity contribution is -0.121. The fourth-order valence-corrected chi connectivity index (χ4v) is 2.78. The van der Waals surface area contributed by atoms with Crippen molar-refractivity contribution in [2.75, 3.05) is 6.54 Å². The van der Waals surface area contributed by atoms with E-state index in [-0.39, 0.29) is 17.9 Å². The molecule has 5 nitrogen and oxygen atoms in total. The largest absolute Gasteiger partial charge is 0.361 e. The molecule has 2 amide bonds. The van der Waals surface area contributed by atoms with Crippen LogP contribution in [0, 0.1) is 0 Å². The second-order valence-corrected chi connectivity index (χ2v) is 5.49. The number of aromatic amines is 1. The number of H-pyrrole nitrogens is 1. The molecule has 1 fully saturated rings. The maximum absolute atomic E-state index is 11.8. The Hall–Kier alpha value is -2.30. The van der Waals surface area contributed by atoms with Crippen molar-refractivity contribution in [3.8, 4) is 0 Å². The Labute approximate surface area is 123 Å². The second-order valence-electron chi connectivity index (χ2n) is 5.49. The molecule has 2 heterocycles. The minimum atomic E-state index is -0.0434. The lowest BCUT2D eigenvalue weighted by Gasteiger charge is -2.09. The van der Waals surface area contributed by atoms with Crippen LogP contribution >= 0.6 is 0 Å². The minimum absolute atomic E-state index is 0.0130. The molecule has 1 unspecified atom stereocenters. The molecule has 3 rings (SSSR count). The Kier molecular flexibility index (Phi) is 3.90. The van der Waals surface area contributed by atoms with Gasteiger partial charge >= 0.3 is 0 Å². The summed E-state index contributed by atoms with van der Waals surface area (Å²) in [6, 6.07) is 8.13. The molecule has 1 atom stereocenters. The number of carbonyl (C=O) groups excluding carboxylic acids is 2. The summed E-state index contributed by atoms with van der Waals surface area (Å²) in [5.74, 6) is 0.0374. The van der Waals surface area contributed by atoms with E-state index >= 15 is 0 Å². The number of fused-ring (bicyclic) bond motifs is 1. The van der Waals surface area contributed by atoms with Gasteiger partial charge in [-0.15, -0.1) is 0 Å². The van der Waals surface area contributed by atoms with Gasteiger partial charge in [0.05, 0.1) is 6.04 Å². The molecule has 0 saturated carbocycles. The average molecular weight is 285 g/mol. The number of aromatic nitrogens is 1. The Balaban J connectivity index is 1.47. The Morgan fingerprint density at radius 2 is 2.19 bits per heavy atom. The van der Waals surface area contributed by atoms with E-state index in [0.717, 1.165) is 18.4 Å². The van der Waals surface area contributed by atoms with Gasteiger partial charge in [0, 0.05) is 36.5 Å². The Morgan fingerprint density at radius 3 is 3.00 bits per heavy atom. The van der Waals surface area contributed by atoms with Crippen LogP contribution in [0.2, 0.25) is 0 Å². The summed E-state index contributed by atoms with van der Waals surface area (Å²) in [6.45, 7) is 0.549. The maximum atomic E-state index is 11.8. The summed E-state index contributed by atoms with van der Waals surface area (Å²) >= 11 is 0. The third-order valence-electron chi connectivity index (χ3n) is 3.87. The van der Waals surface area contributed by atoms with Gasteiger partial charge in [-0.05, 0) is 24.5 Å². The monoisotopic (exact) mass is 285 g/mol. The summed E-state index contributed by atoms with van der Waals surface area (Å²) < 4.78 is 0. The topological polar surface area (TPSA) is 74.0 Å². The zero-order valence-corrected chi connectivity index (χ0v) is 11.8. The third kappa shape index (κ3) is 3.24. The molecule has 0 spiro atoms. The second kappa shape index (κ2) is 5.99. The summed E-state index contributed by atoms with van der Waals surface area (Å²) in [5, 5.41) is 6.84. The SMILES string of the molecule is O=C1CC(NC(=O)CCCc2c[nH]c3ccccc23)CN1. The van der Waals surface area contributed by atoms with E-state index in [1.165, 1.54) is 10.9 Å². The first kappa shape index (κ1) is 13.7. The van der Waals surface area contributed by atoms with Gasteiger partial charge < -0.3 is 15.6 Å². The minimum Gasteiger partial charge on any atom is -0.361 e. The molecule has 1 saturated heterocycles. The molecule has 5 heteroatoms. The molecule has 1 aliphatic heterocycles. The van der Waals surface area contributed by atoms with Crippen molar-refractivity contribution in [2.24, 2.45) is 0 Å². The van der Waals surface area contributed by atoms with E-state index in [0.29, 0.717) is 19.4 Å². The van der Waals surface area contributed by atoms with Crippen molar-refractivity contribution in [1.29, 1.82) is 0 Å². The number of aryl methyl sites for hydroxylation is 1. The predicted molar refractivity (Wildman–Crippen MR) is 80.8 cm³/mol. The predicted octanol–water partition coefficient (Wildman–Crippen LogP) is 1.50. The van der Waals surface area contributed by atoms with Gasteiger partial charge in [-0.1, -0.05) is 18.2 Å². The van der Waals surface area contributed by atoms with Crippen LogP contribution in [-0.4, -0.2) is 29.4 Å². The van der Waals surface area contributed by atoms with E-state index in [1.54, 1.807) is 0 Å². The van der Waals surface area contributed by atoms with Crippen molar-refractivity contribution in [3.63, 3.8) is 0 Å². The summed E-state index contributed by atoms with van der Waals surface area (Å²) in [4.78, 5) is 26.1. The number of carbonyl (C=O) groups is 2. The summed E-state index contributed by atoms with van der Waals surface area (Å²) in [5.41, 5.74) is 2.38. The molecule has 3 N–H and O–H groups in total. The zero-order valence-electron chi connectivity index (χ0n) is 11.8. The van der Waals surface area contributed by atoms with E-state index in [9.17, 15) is 9.59 Å². The normalized spacial score (nSPS) is 17.9. The number of para-hydroxylation sites is 1. The zero-order chi connectivity index (χ0) is 14.7. The van der Waals surface area contributed by atoms with Gasteiger partial charge in [0.2, 0.25) is 11.8 Å². The quantitative estimate of drug-likeness (QED) is 0.778. The fourth-order valence-electron chi connectivity index (χ4n) is 2.78. The number of nitrogens with one attached hydrogen (secondary N) is 3. The van der Waals surface area contributed by atoms with E-state index in [2.05, 4.69) is 27.8 Å². The number of amides is 2. The van der Waals surface area contributed by atoms with Crippen LogP contribution in [0.15, 0.2) is 30.5 Å². The van der Waals surface area contributed by atoms with Crippen molar-refractivity contribution in [3.05, 3.63) is 36.0 Å².